The summed E-state index contributed by atoms with van der Waals surface area (Å²) < 4.78 is 2.04. The van der Waals surface area contributed by atoms with Gasteiger partial charge in [0.05, 0.1) is 15.7 Å². The Kier molecular flexibility index (Phi) is 3.18. The predicted molar refractivity (Wildman–Crippen MR) is 82.6 cm³/mol. The first-order chi connectivity index (χ1) is 8.77. The molecule has 0 aliphatic heterocycles. The SMILES string of the molecule is Brc1c(-c2ccccc2)nc2ccccc2c1Br. The summed E-state index contributed by atoms with van der Waals surface area (Å²) in [6, 6.07) is 18.3. The Morgan fingerprint density at radius 1 is 0.722 bits per heavy atom. The van der Waals surface area contributed by atoms with Crippen molar-refractivity contribution < 1.29 is 0 Å². The molecule has 88 valence electrons. The Morgan fingerprint density at radius 3 is 2.17 bits per heavy atom. The van der Waals surface area contributed by atoms with Gasteiger partial charge in [-0.2, -0.15) is 0 Å². The summed E-state index contributed by atoms with van der Waals surface area (Å²) in [7, 11) is 0. The van der Waals surface area contributed by atoms with Gasteiger partial charge in [0, 0.05) is 15.4 Å². The first kappa shape index (κ1) is 11.9. The number of aromatic nitrogens is 1. The fourth-order valence-electron chi connectivity index (χ4n) is 1.94. The van der Waals surface area contributed by atoms with E-state index in [4.69, 9.17) is 4.98 Å². The van der Waals surface area contributed by atoms with Gasteiger partial charge in [0.25, 0.3) is 0 Å². The third-order valence-electron chi connectivity index (χ3n) is 2.82. The Balaban J connectivity index is 2.34. The molecule has 3 aromatic rings. The van der Waals surface area contributed by atoms with Gasteiger partial charge >= 0.3 is 0 Å². The molecule has 3 rings (SSSR count). The lowest BCUT2D eigenvalue weighted by Gasteiger charge is -2.09. The van der Waals surface area contributed by atoms with Crippen LogP contribution in [0.5, 0.6) is 0 Å². The lowest BCUT2D eigenvalue weighted by molar-refractivity contribution is 1.37. The highest BCUT2D eigenvalue weighted by molar-refractivity contribution is 9.13. The van der Waals surface area contributed by atoms with Gasteiger partial charge in [-0.05, 0) is 37.9 Å². The van der Waals surface area contributed by atoms with Crippen molar-refractivity contribution in [2.24, 2.45) is 0 Å². The maximum absolute atomic E-state index is 4.73. The molecule has 0 saturated carbocycles. The van der Waals surface area contributed by atoms with E-state index in [1.807, 2.05) is 36.4 Å². The van der Waals surface area contributed by atoms with Gasteiger partial charge in [0.1, 0.15) is 0 Å². The first-order valence-corrected chi connectivity index (χ1v) is 7.15. The molecule has 1 aromatic heterocycles. The number of benzene rings is 2. The minimum atomic E-state index is 0.959. The smallest absolute Gasteiger partial charge is 0.0863 e. The molecule has 0 spiro atoms. The zero-order chi connectivity index (χ0) is 12.5. The maximum atomic E-state index is 4.73. The van der Waals surface area contributed by atoms with E-state index in [1.54, 1.807) is 0 Å². The van der Waals surface area contributed by atoms with Crippen molar-refractivity contribution in [3.05, 3.63) is 63.5 Å². The molecule has 0 aliphatic rings. The van der Waals surface area contributed by atoms with Gasteiger partial charge in [-0.25, -0.2) is 4.98 Å². The molecule has 1 nitrogen and oxygen atoms in total. The van der Waals surface area contributed by atoms with Crippen molar-refractivity contribution >= 4 is 42.8 Å². The second-order valence-corrected chi connectivity index (χ2v) is 5.56. The van der Waals surface area contributed by atoms with Crippen molar-refractivity contribution in [2.75, 3.05) is 0 Å². The fraction of sp³-hybridized carbons (Fsp3) is 0. The number of fused-ring (bicyclic) bond motifs is 1. The number of nitrogens with zero attached hydrogens (tertiary/aromatic N) is 1. The van der Waals surface area contributed by atoms with Crippen LogP contribution in [-0.4, -0.2) is 4.98 Å². The number of para-hydroxylation sites is 1. The van der Waals surface area contributed by atoms with Gasteiger partial charge in [-0.1, -0.05) is 48.5 Å². The summed E-state index contributed by atoms with van der Waals surface area (Å²) in [6.45, 7) is 0. The highest BCUT2D eigenvalue weighted by Crippen LogP contribution is 2.37. The van der Waals surface area contributed by atoms with E-state index in [2.05, 4.69) is 50.1 Å². The standard InChI is InChI=1S/C15H9Br2N/c16-13-11-8-4-5-9-12(11)18-15(14(13)17)10-6-2-1-3-7-10/h1-9H. The predicted octanol–water partition coefficient (Wildman–Crippen LogP) is 5.43. The van der Waals surface area contributed by atoms with Crippen LogP contribution >= 0.6 is 31.9 Å². The summed E-state index contributed by atoms with van der Waals surface area (Å²) in [4.78, 5) is 4.73. The van der Waals surface area contributed by atoms with Crippen molar-refractivity contribution in [1.82, 2.24) is 4.98 Å². The minimum Gasteiger partial charge on any atom is -0.247 e. The van der Waals surface area contributed by atoms with E-state index in [9.17, 15) is 0 Å². The van der Waals surface area contributed by atoms with Gasteiger partial charge < -0.3 is 0 Å². The molecule has 18 heavy (non-hydrogen) atoms. The van der Waals surface area contributed by atoms with E-state index >= 15 is 0 Å². The monoisotopic (exact) mass is 361 g/mol. The van der Waals surface area contributed by atoms with Crippen LogP contribution in [0.4, 0.5) is 0 Å². The van der Waals surface area contributed by atoms with Crippen molar-refractivity contribution in [3.63, 3.8) is 0 Å². The summed E-state index contributed by atoms with van der Waals surface area (Å²) in [5.41, 5.74) is 3.06. The van der Waals surface area contributed by atoms with Crippen molar-refractivity contribution in [3.8, 4) is 11.3 Å². The molecule has 1 heterocycles. The molecule has 0 bridgehead atoms. The maximum Gasteiger partial charge on any atom is 0.0863 e. The Hall–Kier alpha value is -1.19. The second-order valence-electron chi connectivity index (χ2n) is 3.97. The summed E-state index contributed by atoms with van der Waals surface area (Å²) in [5, 5.41) is 1.11. The average Bonchev–Trinajstić information content (AvgIpc) is 2.44. The molecule has 0 unspecified atom stereocenters. The molecule has 0 aliphatic carbocycles. The number of hydrogen-bond acceptors (Lipinski definition) is 1. The first-order valence-electron chi connectivity index (χ1n) is 5.56. The summed E-state index contributed by atoms with van der Waals surface area (Å²) in [5.74, 6) is 0. The molecule has 0 N–H and O–H groups in total. The van der Waals surface area contributed by atoms with Gasteiger partial charge in [0.15, 0.2) is 0 Å². The lowest BCUT2D eigenvalue weighted by Crippen LogP contribution is -1.89. The van der Waals surface area contributed by atoms with Crippen LogP contribution in [0.25, 0.3) is 22.2 Å². The highest BCUT2D eigenvalue weighted by Gasteiger charge is 2.11. The van der Waals surface area contributed by atoms with Crippen molar-refractivity contribution in [1.29, 1.82) is 0 Å². The lowest BCUT2D eigenvalue weighted by atomic mass is 10.1. The number of hydrogen-bond donors (Lipinski definition) is 0. The molecule has 0 amide bonds. The van der Waals surface area contributed by atoms with E-state index < -0.39 is 0 Å². The Labute approximate surface area is 122 Å². The van der Waals surface area contributed by atoms with Gasteiger partial charge in [-0.15, -0.1) is 0 Å². The largest absolute Gasteiger partial charge is 0.247 e. The van der Waals surface area contributed by atoms with Crippen LogP contribution in [0.1, 0.15) is 0 Å². The zero-order valence-electron chi connectivity index (χ0n) is 9.40. The molecule has 0 radical (unpaired) electrons. The van der Waals surface area contributed by atoms with Crippen LogP contribution in [0.2, 0.25) is 0 Å². The number of pyridine rings is 1. The van der Waals surface area contributed by atoms with E-state index in [0.717, 1.165) is 31.1 Å². The molecule has 3 heteroatoms. The molecule has 0 atom stereocenters. The molecular formula is C15H9Br2N. The van der Waals surface area contributed by atoms with E-state index in [0.29, 0.717) is 0 Å². The number of halogens is 2. The van der Waals surface area contributed by atoms with Crippen LogP contribution in [0, 0.1) is 0 Å². The molecule has 0 saturated heterocycles. The fourth-order valence-corrected chi connectivity index (χ4v) is 2.99. The highest BCUT2D eigenvalue weighted by atomic mass is 79.9. The summed E-state index contributed by atoms with van der Waals surface area (Å²) >= 11 is 7.27. The van der Waals surface area contributed by atoms with Crippen LogP contribution < -0.4 is 0 Å². The van der Waals surface area contributed by atoms with Crippen LogP contribution in [0.3, 0.4) is 0 Å². The van der Waals surface area contributed by atoms with Gasteiger partial charge in [-0.3, -0.25) is 0 Å². The third-order valence-corrected chi connectivity index (χ3v) is 4.95. The minimum absolute atomic E-state index is 0.959. The average molecular weight is 363 g/mol. The molecule has 0 fully saturated rings. The van der Waals surface area contributed by atoms with Crippen LogP contribution in [-0.2, 0) is 0 Å². The van der Waals surface area contributed by atoms with Crippen molar-refractivity contribution in [2.45, 2.75) is 0 Å². The second kappa shape index (κ2) is 4.82. The molecule has 2 aromatic carbocycles. The third kappa shape index (κ3) is 1.98. The Morgan fingerprint density at radius 2 is 1.39 bits per heavy atom. The van der Waals surface area contributed by atoms with Gasteiger partial charge in [0.2, 0.25) is 0 Å². The topological polar surface area (TPSA) is 12.9 Å². The Bertz CT molecular complexity index is 708. The van der Waals surface area contributed by atoms with Crippen LogP contribution in [0.15, 0.2) is 63.5 Å². The number of rotatable bonds is 1. The van der Waals surface area contributed by atoms with E-state index in [-0.39, 0.29) is 0 Å². The normalized spacial score (nSPS) is 10.8. The summed E-state index contributed by atoms with van der Waals surface area (Å²) in [6.07, 6.45) is 0. The zero-order valence-corrected chi connectivity index (χ0v) is 12.6. The molecular weight excluding hydrogens is 354 g/mol. The van der Waals surface area contributed by atoms with E-state index in [1.165, 1.54) is 0 Å². The quantitative estimate of drug-likeness (QED) is 0.562.